The Hall–Kier alpha value is -1.34. The van der Waals surface area contributed by atoms with Crippen LogP contribution in [0, 0.1) is 0 Å². The number of hydrogen-bond donors (Lipinski definition) is 3. The molecule has 2 aliphatic heterocycles. The van der Waals surface area contributed by atoms with Gasteiger partial charge in [-0.3, -0.25) is 5.01 Å². The van der Waals surface area contributed by atoms with E-state index in [1.54, 1.807) is 0 Å². The van der Waals surface area contributed by atoms with Gasteiger partial charge in [-0.05, 0) is 64.0 Å². The van der Waals surface area contributed by atoms with Gasteiger partial charge in [0, 0.05) is 17.1 Å². The fraction of sp³-hybridized carbons (Fsp3) is 0.588. The van der Waals surface area contributed by atoms with Gasteiger partial charge in [0.2, 0.25) is 0 Å². The van der Waals surface area contributed by atoms with Gasteiger partial charge in [-0.25, -0.2) is 5.43 Å². The topological polar surface area (TPSA) is 65.4 Å². The zero-order chi connectivity index (χ0) is 16.4. The molecule has 0 saturated carbocycles. The Labute approximate surface area is 146 Å². The Morgan fingerprint density at radius 2 is 1.79 bits per heavy atom. The van der Waals surface area contributed by atoms with E-state index in [4.69, 9.17) is 21.0 Å². The number of piperidine rings is 2. The molecule has 3 N–H and O–H groups in total. The quantitative estimate of drug-likeness (QED) is 0.736. The molecule has 0 spiro atoms. The van der Waals surface area contributed by atoms with Crippen LogP contribution in [-0.4, -0.2) is 43.2 Å². The standard InChI is InChI=1S/C17H24ClN5O/c18-12-1-2-15-16(11-12)24-17(21-15)23(14-5-9-20-10-6-14)22-13-3-7-19-8-4-13/h1-2,11,13-14,19-20,22H,3-10H2. The lowest BCUT2D eigenvalue weighted by atomic mass is 10.1. The second kappa shape index (κ2) is 7.27. The van der Waals surface area contributed by atoms with Crippen molar-refractivity contribution in [1.29, 1.82) is 0 Å². The first kappa shape index (κ1) is 16.1. The predicted molar refractivity (Wildman–Crippen MR) is 96.4 cm³/mol. The molecule has 0 radical (unpaired) electrons. The van der Waals surface area contributed by atoms with Crippen LogP contribution in [0.3, 0.4) is 0 Å². The van der Waals surface area contributed by atoms with E-state index in [0.29, 0.717) is 23.1 Å². The van der Waals surface area contributed by atoms with E-state index in [-0.39, 0.29) is 0 Å². The second-order valence-electron chi connectivity index (χ2n) is 6.61. The third kappa shape index (κ3) is 3.52. The van der Waals surface area contributed by atoms with Crippen molar-refractivity contribution in [2.75, 3.05) is 31.2 Å². The van der Waals surface area contributed by atoms with Gasteiger partial charge in [-0.15, -0.1) is 0 Å². The maximum absolute atomic E-state index is 6.08. The van der Waals surface area contributed by atoms with Crippen LogP contribution >= 0.6 is 11.6 Å². The summed E-state index contributed by atoms with van der Waals surface area (Å²) in [6.45, 7) is 4.17. The molecule has 6 nitrogen and oxygen atoms in total. The van der Waals surface area contributed by atoms with Crippen molar-refractivity contribution in [2.45, 2.75) is 37.8 Å². The highest BCUT2D eigenvalue weighted by atomic mass is 35.5. The maximum atomic E-state index is 6.08. The number of anilines is 1. The van der Waals surface area contributed by atoms with Crippen molar-refractivity contribution in [3.05, 3.63) is 23.2 Å². The Balaban J connectivity index is 1.61. The first-order valence-corrected chi connectivity index (χ1v) is 9.20. The molecule has 2 saturated heterocycles. The Bertz CT molecular complexity index is 679. The molecule has 7 heteroatoms. The van der Waals surface area contributed by atoms with Crippen LogP contribution < -0.4 is 21.1 Å². The summed E-state index contributed by atoms with van der Waals surface area (Å²) in [5.41, 5.74) is 5.28. The van der Waals surface area contributed by atoms with Crippen LogP contribution in [0.25, 0.3) is 11.1 Å². The number of rotatable bonds is 4. The fourth-order valence-corrected chi connectivity index (χ4v) is 3.68. The number of hydrogen-bond acceptors (Lipinski definition) is 6. The second-order valence-corrected chi connectivity index (χ2v) is 7.05. The minimum atomic E-state index is 0.393. The lowest BCUT2D eigenvalue weighted by Crippen LogP contribution is -2.55. The van der Waals surface area contributed by atoms with Gasteiger partial charge in [0.15, 0.2) is 5.58 Å². The van der Waals surface area contributed by atoms with Gasteiger partial charge in [0.05, 0.1) is 6.04 Å². The molecule has 0 unspecified atom stereocenters. The summed E-state index contributed by atoms with van der Waals surface area (Å²) in [6.07, 6.45) is 4.40. The van der Waals surface area contributed by atoms with Crippen LogP contribution in [0.1, 0.15) is 25.7 Å². The molecule has 2 fully saturated rings. The van der Waals surface area contributed by atoms with Gasteiger partial charge in [-0.1, -0.05) is 11.6 Å². The molecule has 0 bridgehead atoms. The summed E-state index contributed by atoms with van der Waals surface area (Å²) < 4.78 is 6.04. The zero-order valence-electron chi connectivity index (χ0n) is 13.7. The van der Waals surface area contributed by atoms with Crippen molar-refractivity contribution in [1.82, 2.24) is 21.0 Å². The summed E-state index contributed by atoms with van der Waals surface area (Å²) in [7, 11) is 0. The summed E-state index contributed by atoms with van der Waals surface area (Å²) in [4.78, 5) is 4.70. The maximum Gasteiger partial charge on any atom is 0.313 e. The Kier molecular flexibility index (Phi) is 4.89. The Morgan fingerprint density at radius 3 is 2.54 bits per heavy atom. The third-order valence-electron chi connectivity index (χ3n) is 4.88. The lowest BCUT2D eigenvalue weighted by Gasteiger charge is -2.37. The SMILES string of the molecule is Clc1ccc2nc(N(NC3CCNCC3)C3CCNCC3)oc2c1. The van der Waals surface area contributed by atoms with Crippen molar-refractivity contribution in [3.63, 3.8) is 0 Å². The van der Waals surface area contributed by atoms with Gasteiger partial charge in [0.25, 0.3) is 0 Å². The van der Waals surface area contributed by atoms with E-state index in [2.05, 4.69) is 21.1 Å². The van der Waals surface area contributed by atoms with Crippen LogP contribution in [0.15, 0.2) is 22.6 Å². The van der Waals surface area contributed by atoms with E-state index < -0.39 is 0 Å². The van der Waals surface area contributed by atoms with Gasteiger partial charge in [0.1, 0.15) is 5.52 Å². The molecular formula is C17H24ClN5O. The van der Waals surface area contributed by atoms with E-state index >= 15 is 0 Å². The molecular weight excluding hydrogens is 326 g/mol. The summed E-state index contributed by atoms with van der Waals surface area (Å²) in [5, 5.41) is 9.68. The molecule has 24 heavy (non-hydrogen) atoms. The predicted octanol–water partition coefficient (Wildman–Crippen LogP) is 2.30. The lowest BCUT2D eigenvalue weighted by molar-refractivity contribution is 0.315. The molecule has 0 atom stereocenters. The highest BCUT2D eigenvalue weighted by molar-refractivity contribution is 6.31. The average Bonchev–Trinajstić information content (AvgIpc) is 3.04. The number of hydrazine groups is 1. The van der Waals surface area contributed by atoms with Crippen LogP contribution in [0.4, 0.5) is 6.01 Å². The molecule has 3 heterocycles. The molecule has 2 aliphatic rings. The number of halogens is 1. The molecule has 0 aliphatic carbocycles. The number of benzene rings is 1. The van der Waals surface area contributed by atoms with Crippen LogP contribution in [0.5, 0.6) is 0 Å². The minimum Gasteiger partial charge on any atom is -0.422 e. The average molecular weight is 350 g/mol. The molecule has 1 aromatic heterocycles. The largest absolute Gasteiger partial charge is 0.422 e. The number of fused-ring (bicyclic) bond motifs is 1. The number of nitrogens with zero attached hydrogens (tertiary/aromatic N) is 2. The zero-order valence-corrected chi connectivity index (χ0v) is 14.5. The van der Waals surface area contributed by atoms with E-state index in [0.717, 1.165) is 63.0 Å². The van der Waals surface area contributed by atoms with Crippen molar-refractivity contribution in [3.8, 4) is 0 Å². The third-order valence-corrected chi connectivity index (χ3v) is 5.12. The number of oxazole rings is 1. The smallest absolute Gasteiger partial charge is 0.313 e. The highest BCUT2D eigenvalue weighted by Crippen LogP contribution is 2.27. The van der Waals surface area contributed by atoms with Gasteiger partial charge >= 0.3 is 6.01 Å². The normalized spacial score (nSPS) is 20.5. The van der Waals surface area contributed by atoms with E-state index in [9.17, 15) is 0 Å². The van der Waals surface area contributed by atoms with Crippen molar-refractivity contribution >= 4 is 28.7 Å². The highest BCUT2D eigenvalue weighted by Gasteiger charge is 2.28. The molecule has 130 valence electrons. The first-order valence-electron chi connectivity index (χ1n) is 8.82. The summed E-state index contributed by atoms with van der Waals surface area (Å²) in [6, 6.07) is 7.10. The molecule has 0 amide bonds. The molecule has 4 rings (SSSR count). The molecule has 2 aromatic rings. The first-order chi connectivity index (χ1) is 11.8. The number of nitrogens with one attached hydrogen (secondary N) is 3. The summed E-state index contributed by atoms with van der Waals surface area (Å²) >= 11 is 6.08. The Morgan fingerprint density at radius 1 is 1.08 bits per heavy atom. The van der Waals surface area contributed by atoms with E-state index in [1.165, 1.54) is 0 Å². The number of aromatic nitrogens is 1. The van der Waals surface area contributed by atoms with Crippen molar-refractivity contribution in [2.24, 2.45) is 0 Å². The monoisotopic (exact) mass is 349 g/mol. The van der Waals surface area contributed by atoms with Gasteiger partial charge < -0.3 is 15.1 Å². The fourth-order valence-electron chi connectivity index (χ4n) is 3.52. The van der Waals surface area contributed by atoms with Gasteiger partial charge in [-0.2, -0.15) is 4.98 Å². The minimum absolute atomic E-state index is 0.393. The van der Waals surface area contributed by atoms with Crippen molar-refractivity contribution < 1.29 is 4.42 Å². The van der Waals surface area contributed by atoms with Crippen LogP contribution in [-0.2, 0) is 0 Å². The van der Waals surface area contributed by atoms with Crippen LogP contribution in [0.2, 0.25) is 5.02 Å². The van der Waals surface area contributed by atoms with E-state index in [1.807, 2.05) is 18.2 Å². The molecule has 1 aromatic carbocycles. The summed E-state index contributed by atoms with van der Waals surface area (Å²) in [5.74, 6) is 0.